The van der Waals surface area contributed by atoms with Gasteiger partial charge in [-0.25, -0.2) is 9.37 Å². The number of benzene rings is 2. The maximum Gasteiger partial charge on any atom is 0.152 e. The third-order valence-corrected chi connectivity index (χ3v) is 4.10. The van der Waals surface area contributed by atoms with Gasteiger partial charge in [0.15, 0.2) is 5.76 Å². The molecule has 0 aliphatic rings. The normalized spacial score (nSPS) is 10.8. The first-order valence-corrected chi connectivity index (χ1v) is 8.08. The summed E-state index contributed by atoms with van der Waals surface area (Å²) in [6.45, 7) is 2.05. The molecule has 4 rings (SSSR count). The average molecular weight is 329 g/mol. The van der Waals surface area contributed by atoms with Crippen LogP contribution in [-0.4, -0.2) is 4.98 Å². The molecule has 0 fully saturated rings. The summed E-state index contributed by atoms with van der Waals surface area (Å²) in [5.41, 5.74) is 5.46. The van der Waals surface area contributed by atoms with E-state index in [1.165, 1.54) is 17.7 Å². The molecule has 0 bridgehead atoms. The highest BCUT2D eigenvalue weighted by Gasteiger charge is 2.10. The maximum atomic E-state index is 13.7. The molecule has 0 radical (unpaired) electrons. The second-order valence-corrected chi connectivity index (χ2v) is 5.98. The van der Waals surface area contributed by atoms with Crippen LogP contribution in [0.1, 0.15) is 5.56 Å². The summed E-state index contributed by atoms with van der Waals surface area (Å²) < 4.78 is 19.2. The molecule has 122 valence electrons. The second-order valence-electron chi connectivity index (χ2n) is 5.98. The van der Waals surface area contributed by atoms with Crippen LogP contribution in [0.3, 0.4) is 0 Å². The van der Waals surface area contributed by atoms with Crippen LogP contribution in [0.25, 0.3) is 33.8 Å². The van der Waals surface area contributed by atoms with E-state index in [1.807, 2.05) is 42.5 Å². The predicted molar refractivity (Wildman–Crippen MR) is 97.5 cm³/mol. The Kier molecular flexibility index (Phi) is 3.90. The highest BCUT2D eigenvalue weighted by atomic mass is 19.1. The summed E-state index contributed by atoms with van der Waals surface area (Å²) in [7, 11) is 0. The number of aromatic nitrogens is 1. The van der Waals surface area contributed by atoms with Gasteiger partial charge in [0.1, 0.15) is 11.5 Å². The van der Waals surface area contributed by atoms with E-state index in [4.69, 9.17) is 9.40 Å². The van der Waals surface area contributed by atoms with Crippen LogP contribution in [-0.2, 0) is 0 Å². The van der Waals surface area contributed by atoms with Gasteiger partial charge < -0.3 is 4.42 Å². The molecule has 0 N–H and O–H groups in total. The molecule has 4 aromatic rings. The van der Waals surface area contributed by atoms with Crippen LogP contribution in [0.15, 0.2) is 83.5 Å². The average Bonchev–Trinajstić information content (AvgIpc) is 3.17. The Labute approximate surface area is 145 Å². The van der Waals surface area contributed by atoms with Crippen molar-refractivity contribution >= 4 is 0 Å². The Bertz CT molecular complexity index is 1000. The third kappa shape index (κ3) is 3.22. The van der Waals surface area contributed by atoms with E-state index in [2.05, 4.69) is 19.1 Å². The molecule has 2 nitrogen and oxygen atoms in total. The van der Waals surface area contributed by atoms with Gasteiger partial charge in [0.25, 0.3) is 0 Å². The topological polar surface area (TPSA) is 26.0 Å². The summed E-state index contributed by atoms with van der Waals surface area (Å²) in [5, 5.41) is 0. The molecule has 2 aromatic carbocycles. The number of halogens is 1. The van der Waals surface area contributed by atoms with Gasteiger partial charge >= 0.3 is 0 Å². The molecular weight excluding hydrogens is 313 g/mol. The molecule has 3 heteroatoms. The van der Waals surface area contributed by atoms with Gasteiger partial charge in [0.05, 0.1) is 12.0 Å². The van der Waals surface area contributed by atoms with Gasteiger partial charge in [-0.05, 0) is 54.4 Å². The second kappa shape index (κ2) is 6.36. The lowest BCUT2D eigenvalue weighted by molar-refractivity contribution is 0.580. The van der Waals surface area contributed by atoms with E-state index in [9.17, 15) is 4.39 Å². The molecule has 0 aliphatic heterocycles. The largest absolute Gasteiger partial charge is 0.463 e. The fourth-order valence-electron chi connectivity index (χ4n) is 2.79. The number of hydrogen-bond donors (Lipinski definition) is 0. The Balaban J connectivity index is 1.90. The van der Waals surface area contributed by atoms with Crippen LogP contribution in [0.5, 0.6) is 0 Å². The lowest BCUT2D eigenvalue weighted by Gasteiger charge is -2.09. The van der Waals surface area contributed by atoms with Crippen molar-refractivity contribution in [3.63, 3.8) is 0 Å². The summed E-state index contributed by atoms with van der Waals surface area (Å²) in [4.78, 5) is 4.74. The molecule has 0 amide bonds. The van der Waals surface area contributed by atoms with Gasteiger partial charge in [-0.3, -0.25) is 0 Å². The van der Waals surface area contributed by atoms with Gasteiger partial charge in [0, 0.05) is 5.56 Å². The molecule has 0 saturated carbocycles. The molecular formula is C22H16FNO. The van der Waals surface area contributed by atoms with Crippen molar-refractivity contribution in [1.29, 1.82) is 0 Å². The summed E-state index contributed by atoms with van der Waals surface area (Å²) in [6, 6.07) is 22.4. The SMILES string of the molecule is Cc1ccc(-c2cc(-c3cccc(F)c3)cc(-c3ccco3)n2)cc1. The predicted octanol–water partition coefficient (Wildman–Crippen LogP) is 6.12. The lowest BCUT2D eigenvalue weighted by Crippen LogP contribution is -1.91. The first-order valence-electron chi connectivity index (χ1n) is 8.08. The summed E-state index contributed by atoms with van der Waals surface area (Å²) in [5.74, 6) is 0.428. The molecule has 25 heavy (non-hydrogen) atoms. The molecule has 0 aliphatic carbocycles. The van der Waals surface area contributed by atoms with Crippen molar-refractivity contribution in [2.45, 2.75) is 6.92 Å². The number of nitrogens with zero attached hydrogens (tertiary/aromatic N) is 1. The van der Waals surface area contributed by atoms with Crippen molar-refractivity contribution in [2.24, 2.45) is 0 Å². The van der Waals surface area contributed by atoms with Crippen molar-refractivity contribution in [3.05, 3.63) is 90.4 Å². The van der Waals surface area contributed by atoms with Crippen molar-refractivity contribution in [1.82, 2.24) is 4.98 Å². The van der Waals surface area contributed by atoms with Gasteiger partial charge in [-0.1, -0.05) is 42.0 Å². The van der Waals surface area contributed by atoms with Crippen LogP contribution in [0, 0.1) is 12.7 Å². The fourth-order valence-corrected chi connectivity index (χ4v) is 2.79. The molecule has 0 saturated heterocycles. The van der Waals surface area contributed by atoms with Crippen LogP contribution >= 0.6 is 0 Å². The fraction of sp³-hybridized carbons (Fsp3) is 0.0455. The van der Waals surface area contributed by atoms with Crippen LogP contribution in [0.4, 0.5) is 4.39 Å². The quantitative estimate of drug-likeness (QED) is 0.452. The number of pyridine rings is 1. The molecule has 0 atom stereocenters. The highest BCUT2D eigenvalue weighted by molar-refractivity contribution is 5.75. The van der Waals surface area contributed by atoms with Crippen molar-refractivity contribution in [3.8, 4) is 33.8 Å². The van der Waals surface area contributed by atoms with Crippen LogP contribution in [0.2, 0.25) is 0 Å². The van der Waals surface area contributed by atoms with Gasteiger partial charge in [0.2, 0.25) is 0 Å². The zero-order valence-corrected chi connectivity index (χ0v) is 13.7. The first-order chi connectivity index (χ1) is 12.2. The van der Waals surface area contributed by atoms with Gasteiger partial charge in [-0.15, -0.1) is 0 Å². The molecule has 0 unspecified atom stereocenters. The third-order valence-electron chi connectivity index (χ3n) is 4.10. The lowest BCUT2D eigenvalue weighted by atomic mass is 10.0. The summed E-state index contributed by atoms with van der Waals surface area (Å²) in [6.07, 6.45) is 1.62. The van der Waals surface area contributed by atoms with E-state index < -0.39 is 0 Å². The Morgan fingerprint density at radius 2 is 1.56 bits per heavy atom. The zero-order valence-electron chi connectivity index (χ0n) is 13.7. The monoisotopic (exact) mass is 329 g/mol. The Hall–Kier alpha value is -3.20. The summed E-state index contributed by atoms with van der Waals surface area (Å²) >= 11 is 0. The molecule has 2 heterocycles. The minimum atomic E-state index is -0.259. The molecule has 0 spiro atoms. The number of aryl methyl sites for hydroxylation is 1. The van der Waals surface area contributed by atoms with Crippen LogP contribution < -0.4 is 0 Å². The van der Waals surface area contributed by atoms with E-state index in [1.54, 1.807) is 12.3 Å². The van der Waals surface area contributed by atoms with E-state index in [0.29, 0.717) is 5.76 Å². The maximum absolute atomic E-state index is 13.7. The molecule has 2 aromatic heterocycles. The van der Waals surface area contributed by atoms with Crippen molar-refractivity contribution in [2.75, 3.05) is 0 Å². The number of rotatable bonds is 3. The number of furan rings is 1. The van der Waals surface area contributed by atoms with E-state index >= 15 is 0 Å². The minimum absolute atomic E-state index is 0.259. The zero-order chi connectivity index (χ0) is 17.2. The number of hydrogen-bond acceptors (Lipinski definition) is 2. The Morgan fingerprint density at radius 1 is 0.760 bits per heavy atom. The van der Waals surface area contributed by atoms with E-state index in [-0.39, 0.29) is 5.82 Å². The minimum Gasteiger partial charge on any atom is -0.463 e. The van der Waals surface area contributed by atoms with E-state index in [0.717, 1.165) is 28.1 Å². The standard InChI is InChI=1S/C22H16FNO/c1-15-7-9-16(10-8-15)20-13-18(17-4-2-5-19(23)12-17)14-21(24-20)22-6-3-11-25-22/h2-14H,1H3. The smallest absolute Gasteiger partial charge is 0.152 e. The highest BCUT2D eigenvalue weighted by Crippen LogP contribution is 2.30. The van der Waals surface area contributed by atoms with Gasteiger partial charge in [-0.2, -0.15) is 0 Å². The van der Waals surface area contributed by atoms with Crippen molar-refractivity contribution < 1.29 is 8.81 Å². The Morgan fingerprint density at radius 3 is 2.28 bits per heavy atom. The first kappa shape index (κ1) is 15.3.